The molecule has 1 rings (SSSR count). The van der Waals surface area contributed by atoms with Crippen LogP contribution in [0.25, 0.3) is 0 Å². The lowest BCUT2D eigenvalue weighted by atomic mass is 10.2. The summed E-state index contributed by atoms with van der Waals surface area (Å²) in [5.41, 5.74) is 1.10. The maximum atomic E-state index is 11.4. The number of rotatable bonds is 6. The van der Waals surface area contributed by atoms with E-state index in [1.54, 1.807) is 25.3 Å². The fraction of sp³-hybridized carbons (Fsp3) is 0.538. The van der Waals surface area contributed by atoms with Crippen molar-refractivity contribution in [3.8, 4) is 0 Å². The summed E-state index contributed by atoms with van der Waals surface area (Å²) in [7, 11) is 0.567. The van der Waals surface area contributed by atoms with Crippen molar-refractivity contribution in [3.63, 3.8) is 0 Å². The Balaban J connectivity index is 2.68. The molecule has 19 heavy (non-hydrogen) atoms. The molecule has 5 nitrogen and oxygen atoms in total. The Morgan fingerprint density at radius 3 is 2.74 bits per heavy atom. The maximum absolute atomic E-state index is 11.4. The Hall–Kier alpha value is -1.43. The van der Waals surface area contributed by atoms with Crippen LogP contribution in [0.5, 0.6) is 0 Å². The first-order valence-corrected chi connectivity index (χ1v) is 7.79. The normalized spacial score (nSPS) is 13.7. The number of methoxy groups -OCH3 is 1. The summed E-state index contributed by atoms with van der Waals surface area (Å²) < 4.78 is 15.7. The summed E-state index contributed by atoms with van der Waals surface area (Å²) in [6, 6.07) is 3.62. The van der Waals surface area contributed by atoms with Crippen LogP contribution in [0.15, 0.2) is 12.1 Å². The molecule has 0 saturated carbocycles. The summed E-state index contributed by atoms with van der Waals surface area (Å²) in [5.74, 6) is 0.985. The minimum absolute atomic E-state index is 0.180. The molecule has 0 radical (unpaired) electrons. The van der Waals surface area contributed by atoms with Gasteiger partial charge in [0.2, 0.25) is 0 Å². The third-order valence-corrected chi connectivity index (χ3v) is 3.53. The number of nitrogens with one attached hydrogen (secondary N) is 1. The van der Waals surface area contributed by atoms with Gasteiger partial charge in [-0.15, -0.1) is 0 Å². The molecule has 0 saturated heterocycles. The van der Waals surface area contributed by atoms with Crippen LogP contribution in [-0.4, -0.2) is 40.3 Å². The first-order valence-electron chi connectivity index (χ1n) is 6.06. The molecule has 0 aliphatic rings. The van der Waals surface area contributed by atoms with E-state index < -0.39 is 10.8 Å². The standard InChI is InChI=1S/C13H20N2O3S/c1-9(7-8-19(4)17)14-12-6-5-11(10(2)15-12)13(16)18-3/h5-6,9H,7-8H2,1-4H3,(H,14,15). The van der Waals surface area contributed by atoms with Gasteiger partial charge >= 0.3 is 5.97 Å². The van der Waals surface area contributed by atoms with E-state index in [9.17, 15) is 9.00 Å². The molecule has 0 amide bonds. The molecule has 1 aromatic rings. The topological polar surface area (TPSA) is 68.3 Å². The maximum Gasteiger partial charge on any atom is 0.339 e. The van der Waals surface area contributed by atoms with Gasteiger partial charge in [-0.1, -0.05) is 0 Å². The van der Waals surface area contributed by atoms with Crippen LogP contribution in [-0.2, 0) is 15.5 Å². The van der Waals surface area contributed by atoms with Crippen molar-refractivity contribution < 1.29 is 13.7 Å². The zero-order chi connectivity index (χ0) is 14.4. The van der Waals surface area contributed by atoms with Crippen LogP contribution < -0.4 is 5.32 Å². The zero-order valence-electron chi connectivity index (χ0n) is 11.7. The predicted octanol–water partition coefficient (Wildman–Crippen LogP) is 1.75. The molecule has 0 spiro atoms. The van der Waals surface area contributed by atoms with Crippen molar-refractivity contribution in [2.75, 3.05) is 24.4 Å². The molecule has 2 atom stereocenters. The van der Waals surface area contributed by atoms with E-state index in [1.165, 1.54) is 7.11 Å². The van der Waals surface area contributed by atoms with Crippen molar-refractivity contribution in [1.82, 2.24) is 4.98 Å². The van der Waals surface area contributed by atoms with Crippen LogP contribution in [0.4, 0.5) is 5.82 Å². The van der Waals surface area contributed by atoms with Gasteiger partial charge < -0.3 is 10.1 Å². The van der Waals surface area contributed by atoms with Crippen LogP contribution in [0.2, 0.25) is 0 Å². The van der Waals surface area contributed by atoms with Crippen LogP contribution >= 0.6 is 0 Å². The van der Waals surface area contributed by atoms with E-state index in [2.05, 4.69) is 15.0 Å². The third-order valence-electron chi connectivity index (χ3n) is 2.72. The monoisotopic (exact) mass is 284 g/mol. The van der Waals surface area contributed by atoms with Gasteiger partial charge in [0.25, 0.3) is 0 Å². The number of hydrogen-bond donors (Lipinski definition) is 1. The smallest absolute Gasteiger partial charge is 0.339 e. The first-order chi connectivity index (χ1) is 8.93. The predicted molar refractivity (Wildman–Crippen MR) is 76.9 cm³/mol. The van der Waals surface area contributed by atoms with Gasteiger partial charge in [0.15, 0.2) is 0 Å². The number of nitrogens with zero attached hydrogens (tertiary/aromatic N) is 1. The van der Waals surface area contributed by atoms with Crippen LogP contribution in [0.3, 0.4) is 0 Å². The third kappa shape index (κ3) is 4.98. The van der Waals surface area contributed by atoms with Gasteiger partial charge in [-0.05, 0) is 32.4 Å². The van der Waals surface area contributed by atoms with E-state index in [-0.39, 0.29) is 12.0 Å². The second-order valence-corrected chi connectivity index (χ2v) is 5.99. The number of carbonyl (C=O) groups excluding carboxylic acids is 1. The Labute approximate surface area is 116 Å². The molecular formula is C13H20N2O3S. The summed E-state index contributed by atoms with van der Waals surface area (Å²) in [5, 5.41) is 3.22. The Kier molecular flexibility index (Phi) is 5.95. The number of carbonyl (C=O) groups is 1. The molecular weight excluding hydrogens is 264 g/mol. The average molecular weight is 284 g/mol. The molecule has 1 aromatic heterocycles. The lowest BCUT2D eigenvalue weighted by Crippen LogP contribution is -2.19. The molecule has 0 fully saturated rings. The molecule has 2 unspecified atom stereocenters. The number of ether oxygens (including phenoxy) is 1. The first kappa shape index (κ1) is 15.6. The quantitative estimate of drug-likeness (QED) is 0.806. The van der Waals surface area contributed by atoms with E-state index in [1.807, 2.05) is 6.92 Å². The summed E-state index contributed by atoms with van der Waals surface area (Å²) in [6.45, 7) is 3.78. The fourth-order valence-electron chi connectivity index (χ4n) is 1.63. The van der Waals surface area contributed by atoms with E-state index in [0.29, 0.717) is 22.8 Å². The van der Waals surface area contributed by atoms with Crippen molar-refractivity contribution in [2.24, 2.45) is 0 Å². The second-order valence-electron chi connectivity index (χ2n) is 4.43. The molecule has 0 aliphatic carbocycles. The number of hydrogen-bond acceptors (Lipinski definition) is 5. The molecule has 6 heteroatoms. The Morgan fingerprint density at radius 2 is 2.21 bits per heavy atom. The number of aryl methyl sites for hydroxylation is 1. The lowest BCUT2D eigenvalue weighted by Gasteiger charge is -2.14. The Bertz CT molecular complexity index is 477. The van der Waals surface area contributed by atoms with Gasteiger partial charge in [-0.2, -0.15) is 0 Å². The van der Waals surface area contributed by atoms with Crippen molar-refractivity contribution in [1.29, 1.82) is 0 Å². The van der Waals surface area contributed by atoms with Gasteiger partial charge in [-0.25, -0.2) is 9.78 Å². The van der Waals surface area contributed by atoms with Crippen LogP contribution in [0.1, 0.15) is 29.4 Å². The highest BCUT2D eigenvalue weighted by atomic mass is 32.2. The molecule has 106 valence electrons. The molecule has 1 N–H and O–H groups in total. The SMILES string of the molecule is COC(=O)c1ccc(NC(C)CCS(C)=O)nc1C. The van der Waals surface area contributed by atoms with E-state index >= 15 is 0 Å². The largest absolute Gasteiger partial charge is 0.465 e. The highest BCUT2D eigenvalue weighted by Gasteiger charge is 2.11. The molecule has 1 heterocycles. The Morgan fingerprint density at radius 1 is 1.53 bits per heavy atom. The van der Waals surface area contributed by atoms with Gasteiger partial charge in [0.05, 0.1) is 18.4 Å². The highest BCUT2D eigenvalue weighted by Crippen LogP contribution is 2.13. The summed E-state index contributed by atoms with van der Waals surface area (Å²) in [4.78, 5) is 15.8. The zero-order valence-corrected chi connectivity index (χ0v) is 12.5. The molecule has 0 aliphatic heterocycles. The van der Waals surface area contributed by atoms with Crippen molar-refractivity contribution in [2.45, 2.75) is 26.3 Å². The van der Waals surface area contributed by atoms with E-state index in [0.717, 1.165) is 6.42 Å². The van der Waals surface area contributed by atoms with Crippen molar-refractivity contribution in [3.05, 3.63) is 23.4 Å². The lowest BCUT2D eigenvalue weighted by molar-refractivity contribution is 0.0599. The van der Waals surface area contributed by atoms with Crippen LogP contribution in [0, 0.1) is 6.92 Å². The van der Waals surface area contributed by atoms with E-state index in [4.69, 9.17) is 0 Å². The number of aromatic nitrogens is 1. The van der Waals surface area contributed by atoms with Gasteiger partial charge in [-0.3, -0.25) is 4.21 Å². The average Bonchev–Trinajstić information content (AvgIpc) is 2.35. The van der Waals surface area contributed by atoms with Gasteiger partial charge in [0, 0.05) is 28.9 Å². The number of pyridine rings is 1. The molecule has 0 aromatic carbocycles. The number of esters is 1. The second kappa shape index (κ2) is 7.23. The minimum atomic E-state index is -0.781. The summed E-state index contributed by atoms with van der Waals surface area (Å²) >= 11 is 0. The van der Waals surface area contributed by atoms with Gasteiger partial charge in [0.1, 0.15) is 5.82 Å². The fourth-order valence-corrected chi connectivity index (χ4v) is 2.32. The van der Waals surface area contributed by atoms with Crippen molar-refractivity contribution >= 4 is 22.6 Å². The molecule has 0 bridgehead atoms. The number of anilines is 1. The highest BCUT2D eigenvalue weighted by molar-refractivity contribution is 7.84. The summed E-state index contributed by atoms with van der Waals surface area (Å²) in [6.07, 6.45) is 2.50. The minimum Gasteiger partial charge on any atom is -0.465 e.